The number of carbonyl (C=O) groups is 1. The van der Waals surface area contributed by atoms with E-state index in [0.717, 1.165) is 4.88 Å². The Kier molecular flexibility index (Phi) is 4.09. The van der Waals surface area contributed by atoms with E-state index >= 15 is 0 Å². The zero-order chi connectivity index (χ0) is 14.9. The van der Waals surface area contributed by atoms with Crippen molar-refractivity contribution >= 4 is 40.8 Å². The first-order valence-electron chi connectivity index (χ1n) is 6.74. The highest BCUT2D eigenvalue weighted by Gasteiger charge is 2.19. The summed E-state index contributed by atoms with van der Waals surface area (Å²) in [6.45, 7) is 7.56. The van der Waals surface area contributed by atoms with Crippen LogP contribution in [0, 0.1) is 0 Å². The van der Waals surface area contributed by atoms with Crippen molar-refractivity contribution in [3.05, 3.63) is 29.1 Å². The molecule has 0 radical (unpaired) electrons. The number of fused-ring (bicyclic) bond motifs is 1. The Morgan fingerprint density at radius 2 is 2.05 bits per heavy atom. The molecular weight excluding hydrogens is 269 g/mol. The predicted molar refractivity (Wildman–Crippen MR) is 87.8 cm³/mol. The van der Waals surface area contributed by atoms with Gasteiger partial charge in [0.25, 0.3) is 0 Å². The minimum Gasteiger partial charge on any atom is -0.444 e. The van der Waals surface area contributed by atoms with Gasteiger partial charge in [-0.25, -0.2) is 4.79 Å². The second kappa shape index (κ2) is 5.48. The van der Waals surface area contributed by atoms with Gasteiger partial charge >= 0.3 is 6.09 Å². The van der Waals surface area contributed by atoms with Crippen LogP contribution in [0.3, 0.4) is 0 Å². The van der Waals surface area contributed by atoms with Gasteiger partial charge in [0.15, 0.2) is 0 Å². The third kappa shape index (κ3) is 3.76. The summed E-state index contributed by atoms with van der Waals surface area (Å²) < 4.78 is 6.52. The quantitative estimate of drug-likeness (QED) is 0.863. The lowest BCUT2D eigenvalue weighted by Crippen LogP contribution is -2.33. The molecule has 1 aromatic carbocycles. The molecule has 0 aliphatic carbocycles. The van der Waals surface area contributed by atoms with Crippen LogP contribution in [0.1, 0.15) is 38.6 Å². The number of thiophene rings is 1. The molecule has 1 unspecified atom stereocenters. The highest BCUT2D eigenvalue weighted by Crippen LogP contribution is 2.29. The highest BCUT2D eigenvalue weighted by atomic mass is 32.1. The molecule has 3 nitrogen and oxygen atoms in total. The van der Waals surface area contributed by atoms with E-state index < -0.39 is 5.60 Å². The SMILES string of the molecule is Bc1ccc2sc(C(C)NC(=O)OC(C)(C)C)cc2c1. The van der Waals surface area contributed by atoms with Crippen molar-refractivity contribution in [3.8, 4) is 0 Å². The van der Waals surface area contributed by atoms with Crippen LogP contribution in [0.15, 0.2) is 24.3 Å². The van der Waals surface area contributed by atoms with Gasteiger partial charge in [-0.3, -0.25) is 0 Å². The zero-order valence-corrected chi connectivity index (χ0v) is 13.4. The van der Waals surface area contributed by atoms with Crippen molar-refractivity contribution < 1.29 is 9.53 Å². The number of alkyl carbamates (subject to hydrolysis) is 1. The standard InChI is InChI=1S/C15H20BNO2S/c1-9(17-14(18)19-15(2,3)4)13-8-10-7-11(16)5-6-12(10)20-13/h5-9H,16H2,1-4H3,(H,17,18). The summed E-state index contributed by atoms with van der Waals surface area (Å²) in [6, 6.07) is 8.47. The lowest BCUT2D eigenvalue weighted by Gasteiger charge is -2.21. The van der Waals surface area contributed by atoms with Crippen molar-refractivity contribution in [1.82, 2.24) is 5.32 Å². The summed E-state index contributed by atoms with van der Waals surface area (Å²) in [4.78, 5) is 12.9. The molecule has 1 aromatic heterocycles. The molecule has 0 aliphatic heterocycles. The monoisotopic (exact) mass is 289 g/mol. The van der Waals surface area contributed by atoms with Gasteiger partial charge < -0.3 is 10.1 Å². The molecule has 1 atom stereocenters. The van der Waals surface area contributed by atoms with Gasteiger partial charge in [-0.2, -0.15) is 0 Å². The molecule has 2 aromatic rings. The average Bonchev–Trinajstić information content (AvgIpc) is 2.68. The third-order valence-electron chi connectivity index (χ3n) is 2.85. The number of rotatable bonds is 2. The predicted octanol–water partition coefficient (Wildman–Crippen LogP) is 2.75. The van der Waals surface area contributed by atoms with Gasteiger partial charge in [0.2, 0.25) is 0 Å². The van der Waals surface area contributed by atoms with Crippen LogP contribution in [0.25, 0.3) is 10.1 Å². The van der Waals surface area contributed by atoms with Gasteiger partial charge in [0.1, 0.15) is 13.4 Å². The molecule has 0 saturated heterocycles. The molecular formula is C15H20BNO2S. The van der Waals surface area contributed by atoms with E-state index in [2.05, 4.69) is 37.4 Å². The Balaban J connectivity index is 2.11. The van der Waals surface area contributed by atoms with Gasteiger partial charge in [0, 0.05) is 9.58 Å². The molecule has 0 saturated carbocycles. The average molecular weight is 289 g/mol. The van der Waals surface area contributed by atoms with E-state index in [0.29, 0.717) is 0 Å². The fourth-order valence-corrected chi connectivity index (χ4v) is 3.00. The van der Waals surface area contributed by atoms with Crippen LogP contribution in [-0.4, -0.2) is 19.5 Å². The number of hydrogen-bond donors (Lipinski definition) is 1. The molecule has 2 rings (SSSR count). The molecule has 1 heterocycles. The summed E-state index contributed by atoms with van der Waals surface area (Å²) >= 11 is 1.70. The topological polar surface area (TPSA) is 38.3 Å². The lowest BCUT2D eigenvalue weighted by molar-refractivity contribution is 0.0509. The molecule has 20 heavy (non-hydrogen) atoms. The van der Waals surface area contributed by atoms with E-state index in [1.807, 2.05) is 27.7 Å². The maximum absolute atomic E-state index is 11.8. The van der Waals surface area contributed by atoms with Gasteiger partial charge in [0.05, 0.1) is 6.04 Å². The summed E-state index contributed by atoms with van der Waals surface area (Å²) in [7, 11) is 2.08. The lowest BCUT2D eigenvalue weighted by atomic mass is 9.95. The summed E-state index contributed by atoms with van der Waals surface area (Å²) in [5.74, 6) is 0. The Hall–Kier alpha value is -1.49. The Labute approximate surface area is 124 Å². The summed E-state index contributed by atoms with van der Waals surface area (Å²) in [6.07, 6.45) is -0.376. The first-order chi connectivity index (χ1) is 9.24. The smallest absolute Gasteiger partial charge is 0.408 e. The fourth-order valence-electron chi connectivity index (χ4n) is 1.95. The van der Waals surface area contributed by atoms with Crippen LogP contribution in [-0.2, 0) is 4.74 Å². The van der Waals surface area contributed by atoms with Crippen molar-refractivity contribution in [3.63, 3.8) is 0 Å². The van der Waals surface area contributed by atoms with E-state index in [1.165, 1.54) is 15.5 Å². The zero-order valence-electron chi connectivity index (χ0n) is 12.6. The molecule has 0 aliphatic rings. The van der Waals surface area contributed by atoms with Crippen molar-refractivity contribution in [2.75, 3.05) is 0 Å². The summed E-state index contributed by atoms with van der Waals surface area (Å²) in [5, 5.41) is 4.10. The normalized spacial score (nSPS) is 13.2. The number of carbonyl (C=O) groups excluding carboxylic acids is 1. The van der Waals surface area contributed by atoms with E-state index in [-0.39, 0.29) is 12.1 Å². The minimum atomic E-state index is -0.471. The third-order valence-corrected chi connectivity index (χ3v) is 4.15. The maximum atomic E-state index is 11.8. The van der Waals surface area contributed by atoms with Crippen molar-refractivity contribution in [2.24, 2.45) is 0 Å². The van der Waals surface area contributed by atoms with Gasteiger partial charge in [-0.1, -0.05) is 17.6 Å². The van der Waals surface area contributed by atoms with Crippen LogP contribution in [0.4, 0.5) is 4.79 Å². The Morgan fingerprint density at radius 3 is 2.70 bits per heavy atom. The highest BCUT2D eigenvalue weighted by molar-refractivity contribution is 7.19. The van der Waals surface area contributed by atoms with Gasteiger partial charge in [-0.05, 0) is 45.2 Å². The van der Waals surface area contributed by atoms with E-state index in [4.69, 9.17) is 4.74 Å². The van der Waals surface area contributed by atoms with Crippen LogP contribution < -0.4 is 10.8 Å². The van der Waals surface area contributed by atoms with Gasteiger partial charge in [-0.15, -0.1) is 11.3 Å². The van der Waals surface area contributed by atoms with Crippen LogP contribution >= 0.6 is 11.3 Å². The number of hydrogen-bond acceptors (Lipinski definition) is 3. The van der Waals surface area contributed by atoms with Crippen molar-refractivity contribution in [1.29, 1.82) is 0 Å². The molecule has 106 valence electrons. The molecule has 5 heteroatoms. The second-order valence-electron chi connectivity index (χ2n) is 6.06. The van der Waals surface area contributed by atoms with E-state index in [9.17, 15) is 4.79 Å². The fraction of sp³-hybridized carbons (Fsp3) is 0.400. The Morgan fingerprint density at radius 1 is 1.35 bits per heavy atom. The van der Waals surface area contributed by atoms with Crippen molar-refractivity contribution in [2.45, 2.75) is 39.3 Å². The first kappa shape index (κ1) is 14.9. The molecule has 0 spiro atoms. The number of benzene rings is 1. The number of amides is 1. The largest absolute Gasteiger partial charge is 0.444 e. The first-order valence-corrected chi connectivity index (χ1v) is 7.56. The maximum Gasteiger partial charge on any atom is 0.408 e. The van der Waals surface area contributed by atoms with Crippen LogP contribution in [0.5, 0.6) is 0 Å². The van der Waals surface area contributed by atoms with Crippen LogP contribution in [0.2, 0.25) is 0 Å². The Bertz CT molecular complexity index is 630. The second-order valence-corrected chi connectivity index (χ2v) is 7.17. The summed E-state index contributed by atoms with van der Waals surface area (Å²) in [5.41, 5.74) is 0.774. The minimum absolute atomic E-state index is 0.0532. The molecule has 1 N–H and O–H groups in total. The molecule has 0 fully saturated rings. The van der Waals surface area contributed by atoms with E-state index in [1.54, 1.807) is 11.3 Å². The molecule has 1 amide bonds. The number of nitrogens with one attached hydrogen (secondary N) is 1. The number of ether oxygens (including phenoxy) is 1. The molecule has 0 bridgehead atoms.